The molecule has 218 valence electrons. The molecule has 0 bridgehead atoms. The maximum Gasteiger partial charge on any atom is 0.418 e. The standard InChI is InChI=1S/C27H25F6N5O2S/c1-40-41(39)14-3-2-12-34-16-23-37-22-15-17(24-21(27(31,32)33)5-4-13-35-24)6-11-20(22)25(38-23)36-19-9-7-18(8-10-19)26(28,29)30/h4-11,13,15,34H,2-3,12,14,16H2,1H3,(H,36,37,38). The lowest BCUT2D eigenvalue weighted by Gasteiger charge is -2.15. The van der Waals surface area contributed by atoms with Crippen LogP contribution in [0.5, 0.6) is 0 Å². The van der Waals surface area contributed by atoms with E-state index in [0.29, 0.717) is 47.6 Å². The average molecular weight is 598 g/mol. The van der Waals surface area contributed by atoms with Crippen LogP contribution in [0.1, 0.15) is 29.8 Å². The summed E-state index contributed by atoms with van der Waals surface area (Å²) in [7, 11) is 1.37. The third-order valence-corrected chi connectivity index (χ3v) is 6.98. The first kappa shape index (κ1) is 30.3. The molecule has 0 fully saturated rings. The van der Waals surface area contributed by atoms with Crippen LogP contribution < -0.4 is 10.6 Å². The molecule has 0 aliphatic rings. The molecule has 7 nitrogen and oxygen atoms in total. The number of hydrogen-bond acceptors (Lipinski definition) is 7. The first-order chi connectivity index (χ1) is 19.5. The number of halogens is 6. The fourth-order valence-corrected chi connectivity index (χ4v) is 4.60. The monoisotopic (exact) mass is 597 g/mol. The van der Waals surface area contributed by atoms with E-state index >= 15 is 0 Å². The summed E-state index contributed by atoms with van der Waals surface area (Å²) < 4.78 is 96.0. The van der Waals surface area contributed by atoms with Gasteiger partial charge in [0.05, 0.1) is 36.0 Å². The summed E-state index contributed by atoms with van der Waals surface area (Å²) in [5.74, 6) is 0.967. The highest BCUT2D eigenvalue weighted by Crippen LogP contribution is 2.37. The highest BCUT2D eigenvalue weighted by atomic mass is 32.2. The number of fused-ring (bicyclic) bond motifs is 1. The van der Waals surface area contributed by atoms with E-state index in [1.165, 1.54) is 43.6 Å². The molecule has 4 aromatic rings. The fourth-order valence-electron chi connectivity index (χ4n) is 4.00. The van der Waals surface area contributed by atoms with Crippen molar-refractivity contribution in [2.75, 3.05) is 24.7 Å². The van der Waals surface area contributed by atoms with Gasteiger partial charge in [-0.1, -0.05) is 6.07 Å². The van der Waals surface area contributed by atoms with Gasteiger partial charge >= 0.3 is 12.4 Å². The molecule has 0 saturated carbocycles. The van der Waals surface area contributed by atoms with E-state index in [-0.39, 0.29) is 23.6 Å². The summed E-state index contributed by atoms with van der Waals surface area (Å²) in [6.45, 7) is 0.750. The zero-order valence-electron chi connectivity index (χ0n) is 21.6. The minimum atomic E-state index is -4.62. The van der Waals surface area contributed by atoms with E-state index in [2.05, 4.69) is 25.6 Å². The van der Waals surface area contributed by atoms with Crippen LogP contribution in [0.2, 0.25) is 0 Å². The Morgan fingerprint density at radius 2 is 1.68 bits per heavy atom. The van der Waals surface area contributed by atoms with Crippen LogP contribution in [0.25, 0.3) is 22.2 Å². The Kier molecular flexibility index (Phi) is 9.56. The fraction of sp³-hybridized carbons (Fsp3) is 0.296. The van der Waals surface area contributed by atoms with Gasteiger partial charge in [-0.25, -0.2) is 14.2 Å². The van der Waals surface area contributed by atoms with Crippen molar-refractivity contribution in [3.05, 3.63) is 77.7 Å². The second kappa shape index (κ2) is 12.9. The van der Waals surface area contributed by atoms with Crippen molar-refractivity contribution >= 4 is 33.5 Å². The Bertz CT molecular complexity index is 1510. The van der Waals surface area contributed by atoms with Crippen LogP contribution in [0, 0.1) is 0 Å². The molecule has 1 unspecified atom stereocenters. The summed E-state index contributed by atoms with van der Waals surface area (Å²) in [5, 5.41) is 6.62. The Labute approximate surface area is 234 Å². The van der Waals surface area contributed by atoms with Gasteiger partial charge in [0.1, 0.15) is 11.6 Å². The first-order valence-electron chi connectivity index (χ1n) is 12.4. The van der Waals surface area contributed by atoms with Gasteiger partial charge in [-0.15, -0.1) is 0 Å². The predicted octanol–water partition coefficient (Wildman–Crippen LogP) is 6.65. The van der Waals surface area contributed by atoms with E-state index in [9.17, 15) is 30.6 Å². The molecule has 0 aliphatic heterocycles. The number of alkyl halides is 6. The molecule has 0 amide bonds. The number of nitrogens with one attached hydrogen (secondary N) is 2. The zero-order valence-corrected chi connectivity index (χ0v) is 22.5. The summed E-state index contributed by atoms with van der Waals surface area (Å²) >= 11 is -1.34. The number of anilines is 2. The second-order valence-electron chi connectivity index (χ2n) is 8.88. The summed E-state index contributed by atoms with van der Waals surface area (Å²) in [6.07, 6.45) is -6.49. The highest BCUT2D eigenvalue weighted by Gasteiger charge is 2.34. The first-order valence-corrected chi connectivity index (χ1v) is 13.6. The average Bonchev–Trinajstić information content (AvgIpc) is 2.93. The second-order valence-corrected chi connectivity index (χ2v) is 10.2. The molecule has 2 N–H and O–H groups in total. The van der Waals surface area contributed by atoms with Gasteiger partial charge in [-0.05, 0) is 67.9 Å². The highest BCUT2D eigenvalue weighted by molar-refractivity contribution is 7.80. The number of rotatable bonds is 11. The molecule has 4 rings (SSSR count). The van der Waals surface area contributed by atoms with Gasteiger partial charge < -0.3 is 10.6 Å². The number of nitrogens with zero attached hydrogens (tertiary/aromatic N) is 3. The third-order valence-electron chi connectivity index (χ3n) is 5.99. The topological polar surface area (TPSA) is 89.0 Å². The molecule has 0 spiro atoms. The van der Waals surface area contributed by atoms with Crippen molar-refractivity contribution in [1.29, 1.82) is 0 Å². The van der Waals surface area contributed by atoms with Crippen LogP contribution in [-0.2, 0) is 34.2 Å². The molecule has 14 heteroatoms. The minimum Gasteiger partial charge on any atom is -0.340 e. The quantitative estimate of drug-likeness (QED) is 0.148. The molecule has 2 heterocycles. The normalized spacial score (nSPS) is 13.0. The van der Waals surface area contributed by atoms with E-state index < -0.39 is 34.6 Å². The molecule has 2 aromatic carbocycles. The lowest BCUT2D eigenvalue weighted by Crippen LogP contribution is -2.18. The molecule has 2 aromatic heterocycles. The number of benzene rings is 2. The molecular weight excluding hydrogens is 572 g/mol. The lowest BCUT2D eigenvalue weighted by molar-refractivity contribution is -0.138. The maximum atomic E-state index is 13.6. The molecule has 0 saturated heterocycles. The third kappa shape index (κ3) is 7.99. The van der Waals surface area contributed by atoms with E-state index in [1.54, 1.807) is 6.07 Å². The van der Waals surface area contributed by atoms with Crippen molar-refractivity contribution in [3.8, 4) is 11.3 Å². The van der Waals surface area contributed by atoms with Crippen molar-refractivity contribution < 1.29 is 34.7 Å². The van der Waals surface area contributed by atoms with Gasteiger partial charge in [0, 0.05) is 28.6 Å². The van der Waals surface area contributed by atoms with Crippen molar-refractivity contribution in [1.82, 2.24) is 20.3 Å². The van der Waals surface area contributed by atoms with Crippen molar-refractivity contribution in [2.45, 2.75) is 31.7 Å². The Morgan fingerprint density at radius 3 is 2.37 bits per heavy atom. The van der Waals surface area contributed by atoms with E-state index in [4.69, 9.17) is 4.18 Å². The molecule has 41 heavy (non-hydrogen) atoms. The zero-order chi connectivity index (χ0) is 29.6. The Morgan fingerprint density at radius 1 is 0.927 bits per heavy atom. The molecule has 0 radical (unpaired) electrons. The summed E-state index contributed by atoms with van der Waals surface area (Å²) in [5.41, 5.74) is -1.13. The van der Waals surface area contributed by atoms with Crippen LogP contribution in [0.15, 0.2) is 60.8 Å². The largest absolute Gasteiger partial charge is 0.418 e. The lowest BCUT2D eigenvalue weighted by atomic mass is 10.0. The summed E-state index contributed by atoms with van der Waals surface area (Å²) in [6, 6.07) is 11.0. The van der Waals surface area contributed by atoms with Crippen LogP contribution in [0.4, 0.5) is 37.8 Å². The van der Waals surface area contributed by atoms with Crippen LogP contribution >= 0.6 is 0 Å². The van der Waals surface area contributed by atoms with E-state index in [0.717, 1.165) is 18.2 Å². The van der Waals surface area contributed by atoms with Crippen LogP contribution in [0.3, 0.4) is 0 Å². The SMILES string of the molecule is COS(=O)CCCCNCc1nc(Nc2ccc(C(F)(F)F)cc2)c2ccc(-c3ncccc3C(F)(F)F)cc2n1. The summed E-state index contributed by atoms with van der Waals surface area (Å²) in [4.78, 5) is 13.0. The van der Waals surface area contributed by atoms with Gasteiger partial charge in [-0.3, -0.25) is 9.17 Å². The van der Waals surface area contributed by atoms with Gasteiger partial charge in [0.25, 0.3) is 0 Å². The van der Waals surface area contributed by atoms with Gasteiger partial charge in [0.2, 0.25) is 0 Å². The number of hydrogen-bond donors (Lipinski definition) is 2. The molecule has 0 aliphatic carbocycles. The predicted molar refractivity (Wildman–Crippen MR) is 143 cm³/mol. The van der Waals surface area contributed by atoms with Crippen molar-refractivity contribution in [2.24, 2.45) is 0 Å². The number of pyridine rings is 1. The molecular formula is C27H25F6N5O2S. The van der Waals surface area contributed by atoms with Gasteiger partial charge in [-0.2, -0.15) is 26.3 Å². The number of aromatic nitrogens is 3. The maximum absolute atomic E-state index is 13.6. The Balaban J connectivity index is 1.65. The van der Waals surface area contributed by atoms with E-state index in [1.807, 2.05) is 0 Å². The minimum absolute atomic E-state index is 0.189. The smallest absolute Gasteiger partial charge is 0.340 e. The Hall–Kier alpha value is -3.62. The van der Waals surface area contributed by atoms with Crippen molar-refractivity contribution in [3.63, 3.8) is 0 Å². The molecule has 1 atom stereocenters. The van der Waals surface area contributed by atoms with Gasteiger partial charge in [0.15, 0.2) is 11.1 Å². The van der Waals surface area contributed by atoms with Crippen LogP contribution in [-0.4, -0.2) is 38.6 Å². The number of unbranched alkanes of at least 4 members (excludes halogenated alkanes) is 1.